The van der Waals surface area contributed by atoms with E-state index in [1.54, 1.807) is 0 Å². The van der Waals surface area contributed by atoms with E-state index in [-0.39, 0.29) is 24.0 Å². The van der Waals surface area contributed by atoms with Gasteiger partial charge in [0.1, 0.15) is 0 Å². The van der Waals surface area contributed by atoms with Crippen molar-refractivity contribution in [1.29, 1.82) is 0 Å². The predicted octanol–water partition coefficient (Wildman–Crippen LogP) is 3.35. The summed E-state index contributed by atoms with van der Waals surface area (Å²) in [6.07, 6.45) is 2.64. The fraction of sp³-hybridized carbons (Fsp3) is 0.632. The number of likely N-dealkylation sites (tertiary alicyclic amines) is 1. The number of nitrogens with zero attached hydrogens (tertiary/aromatic N) is 3. The van der Waals surface area contributed by atoms with Crippen LogP contribution in [0, 0.1) is 12.8 Å². The molecule has 136 valence electrons. The van der Waals surface area contributed by atoms with Crippen molar-refractivity contribution in [3.63, 3.8) is 0 Å². The first kappa shape index (κ1) is 21.2. The molecule has 1 saturated heterocycles. The number of guanidine groups is 1. The maximum absolute atomic E-state index is 4.44. The van der Waals surface area contributed by atoms with Crippen molar-refractivity contribution in [1.82, 2.24) is 15.1 Å². The van der Waals surface area contributed by atoms with Crippen LogP contribution in [0.2, 0.25) is 0 Å². The first-order valence-electron chi connectivity index (χ1n) is 8.82. The standard InChI is InChI=1S/C19H32N4.HI/c1-5-23-12-6-7-18(15-23)13-21-19(20-3)22(4)14-17-10-8-16(2)9-11-17;/h8-11,18H,5-7,12-15H2,1-4H3,(H,20,21);1H. The first-order chi connectivity index (χ1) is 11.1. The van der Waals surface area contributed by atoms with Gasteiger partial charge in [0.2, 0.25) is 0 Å². The Morgan fingerprint density at radius 2 is 2.04 bits per heavy atom. The maximum atomic E-state index is 4.44. The molecular weight excluding hydrogens is 411 g/mol. The van der Waals surface area contributed by atoms with Crippen LogP contribution in [0.15, 0.2) is 29.3 Å². The highest BCUT2D eigenvalue weighted by molar-refractivity contribution is 14.0. The number of rotatable bonds is 5. The molecule has 0 spiro atoms. The molecule has 1 aromatic carbocycles. The quantitative estimate of drug-likeness (QED) is 0.430. The van der Waals surface area contributed by atoms with Crippen LogP contribution >= 0.6 is 24.0 Å². The number of aliphatic imine (C=N–C) groups is 1. The topological polar surface area (TPSA) is 30.9 Å². The smallest absolute Gasteiger partial charge is 0.193 e. The number of aryl methyl sites for hydroxylation is 1. The molecule has 0 saturated carbocycles. The van der Waals surface area contributed by atoms with Crippen LogP contribution < -0.4 is 5.32 Å². The fourth-order valence-electron chi connectivity index (χ4n) is 3.27. The molecule has 1 heterocycles. The normalized spacial score (nSPS) is 18.8. The van der Waals surface area contributed by atoms with Crippen LogP contribution in [0.25, 0.3) is 0 Å². The minimum atomic E-state index is 0. The molecule has 1 aromatic rings. The van der Waals surface area contributed by atoms with Crippen molar-refractivity contribution in [2.45, 2.75) is 33.2 Å². The van der Waals surface area contributed by atoms with Gasteiger partial charge >= 0.3 is 0 Å². The molecule has 0 aromatic heterocycles. The average molecular weight is 444 g/mol. The molecule has 4 nitrogen and oxygen atoms in total. The van der Waals surface area contributed by atoms with Crippen LogP contribution in [0.4, 0.5) is 0 Å². The largest absolute Gasteiger partial charge is 0.356 e. The molecular formula is C19H33IN4. The van der Waals surface area contributed by atoms with Gasteiger partial charge in [0, 0.05) is 33.7 Å². The van der Waals surface area contributed by atoms with Crippen molar-refractivity contribution in [3.05, 3.63) is 35.4 Å². The molecule has 0 bridgehead atoms. The number of benzene rings is 1. The SMILES string of the molecule is CCN1CCCC(CNC(=NC)N(C)Cc2ccc(C)cc2)C1.I. The Bertz CT molecular complexity index is 501. The van der Waals surface area contributed by atoms with Gasteiger partial charge in [-0.2, -0.15) is 0 Å². The lowest BCUT2D eigenvalue weighted by Crippen LogP contribution is -2.44. The summed E-state index contributed by atoms with van der Waals surface area (Å²) in [5.74, 6) is 1.72. The van der Waals surface area contributed by atoms with Gasteiger partial charge in [0.05, 0.1) is 0 Å². The van der Waals surface area contributed by atoms with E-state index in [0.29, 0.717) is 0 Å². The van der Waals surface area contributed by atoms with E-state index in [1.807, 2.05) is 7.05 Å². The second kappa shape index (κ2) is 10.9. The second-order valence-electron chi connectivity index (χ2n) is 6.67. The Morgan fingerprint density at radius 1 is 1.33 bits per heavy atom. The lowest BCUT2D eigenvalue weighted by molar-refractivity contribution is 0.183. The minimum Gasteiger partial charge on any atom is -0.356 e. The fourth-order valence-corrected chi connectivity index (χ4v) is 3.27. The number of halogens is 1. The predicted molar refractivity (Wildman–Crippen MR) is 114 cm³/mol. The Labute approximate surface area is 164 Å². The van der Waals surface area contributed by atoms with Gasteiger partial charge in [-0.3, -0.25) is 4.99 Å². The van der Waals surface area contributed by atoms with Crippen LogP contribution in [-0.4, -0.2) is 56.0 Å². The Kier molecular flexibility index (Phi) is 9.66. The summed E-state index contributed by atoms with van der Waals surface area (Å²) in [5, 5.41) is 3.56. The van der Waals surface area contributed by atoms with Crippen molar-refractivity contribution >= 4 is 29.9 Å². The van der Waals surface area contributed by atoms with Gasteiger partial charge in [-0.15, -0.1) is 24.0 Å². The Balaban J connectivity index is 0.00000288. The molecule has 24 heavy (non-hydrogen) atoms. The number of hydrogen-bond donors (Lipinski definition) is 1. The maximum Gasteiger partial charge on any atom is 0.193 e. The van der Waals surface area contributed by atoms with E-state index < -0.39 is 0 Å². The third-order valence-electron chi connectivity index (χ3n) is 4.71. The summed E-state index contributed by atoms with van der Waals surface area (Å²) >= 11 is 0. The zero-order valence-corrected chi connectivity index (χ0v) is 17.9. The van der Waals surface area contributed by atoms with Gasteiger partial charge in [0.25, 0.3) is 0 Å². The van der Waals surface area contributed by atoms with Gasteiger partial charge in [-0.05, 0) is 44.3 Å². The molecule has 1 unspecified atom stereocenters. The second-order valence-corrected chi connectivity index (χ2v) is 6.67. The van der Waals surface area contributed by atoms with Crippen molar-refractivity contribution < 1.29 is 0 Å². The highest BCUT2D eigenvalue weighted by Gasteiger charge is 2.19. The molecule has 1 fully saturated rings. The third kappa shape index (κ3) is 6.59. The van der Waals surface area contributed by atoms with Gasteiger partial charge in [0.15, 0.2) is 5.96 Å². The van der Waals surface area contributed by atoms with Gasteiger partial charge < -0.3 is 15.1 Å². The van der Waals surface area contributed by atoms with Crippen molar-refractivity contribution in [2.75, 3.05) is 40.3 Å². The summed E-state index contributed by atoms with van der Waals surface area (Å²) in [6, 6.07) is 8.72. The van der Waals surface area contributed by atoms with E-state index in [0.717, 1.165) is 25.0 Å². The number of hydrogen-bond acceptors (Lipinski definition) is 2. The summed E-state index contributed by atoms with van der Waals surface area (Å²) in [7, 11) is 3.97. The summed E-state index contributed by atoms with van der Waals surface area (Å²) in [6.45, 7) is 9.91. The average Bonchev–Trinajstić information content (AvgIpc) is 2.57. The van der Waals surface area contributed by atoms with E-state index in [9.17, 15) is 0 Å². The van der Waals surface area contributed by atoms with E-state index in [1.165, 1.54) is 43.6 Å². The summed E-state index contributed by atoms with van der Waals surface area (Å²) in [4.78, 5) is 9.19. The highest BCUT2D eigenvalue weighted by atomic mass is 127. The molecule has 1 N–H and O–H groups in total. The zero-order valence-electron chi connectivity index (χ0n) is 15.6. The summed E-state index contributed by atoms with van der Waals surface area (Å²) < 4.78 is 0. The van der Waals surface area contributed by atoms with Crippen LogP contribution in [0.1, 0.15) is 30.9 Å². The lowest BCUT2D eigenvalue weighted by Gasteiger charge is -2.33. The number of piperidine rings is 1. The zero-order chi connectivity index (χ0) is 16.7. The minimum absolute atomic E-state index is 0. The third-order valence-corrected chi connectivity index (χ3v) is 4.71. The molecule has 1 aliphatic heterocycles. The van der Waals surface area contributed by atoms with Gasteiger partial charge in [-0.1, -0.05) is 36.8 Å². The lowest BCUT2D eigenvalue weighted by atomic mass is 9.98. The van der Waals surface area contributed by atoms with E-state index in [4.69, 9.17) is 0 Å². The Morgan fingerprint density at radius 3 is 2.67 bits per heavy atom. The van der Waals surface area contributed by atoms with E-state index in [2.05, 4.69) is 65.3 Å². The first-order valence-corrected chi connectivity index (χ1v) is 8.82. The monoisotopic (exact) mass is 444 g/mol. The van der Waals surface area contributed by atoms with Gasteiger partial charge in [-0.25, -0.2) is 0 Å². The van der Waals surface area contributed by atoms with Crippen molar-refractivity contribution in [3.8, 4) is 0 Å². The van der Waals surface area contributed by atoms with E-state index >= 15 is 0 Å². The molecule has 0 aliphatic carbocycles. The molecule has 1 atom stereocenters. The molecule has 5 heteroatoms. The summed E-state index contributed by atoms with van der Waals surface area (Å²) in [5.41, 5.74) is 2.62. The van der Waals surface area contributed by atoms with Crippen molar-refractivity contribution in [2.24, 2.45) is 10.9 Å². The highest BCUT2D eigenvalue weighted by Crippen LogP contribution is 2.15. The number of nitrogens with one attached hydrogen (secondary N) is 1. The van der Waals surface area contributed by atoms with Crippen LogP contribution in [0.3, 0.4) is 0 Å². The molecule has 2 rings (SSSR count). The van der Waals surface area contributed by atoms with Crippen LogP contribution in [0.5, 0.6) is 0 Å². The Hall–Kier alpha value is -0.820. The molecule has 1 aliphatic rings. The molecule has 0 radical (unpaired) electrons. The van der Waals surface area contributed by atoms with Crippen LogP contribution in [-0.2, 0) is 6.54 Å². The molecule has 0 amide bonds.